The summed E-state index contributed by atoms with van der Waals surface area (Å²) in [4.78, 5) is 26.9. The van der Waals surface area contributed by atoms with Gasteiger partial charge in [0.15, 0.2) is 0 Å². The van der Waals surface area contributed by atoms with Gasteiger partial charge in [0.1, 0.15) is 4.90 Å². The average molecular weight is 428 g/mol. The summed E-state index contributed by atoms with van der Waals surface area (Å²) in [5.41, 5.74) is 5.96. The van der Waals surface area contributed by atoms with E-state index in [4.69, 9.17) is 5.73 Å². The second kappa shape index (κ2) is 8.37. The summed E-state index contributed by atoms with van der Waals surface area (Å²) >= 11 is 0. The molecule has 10 heteroatoms. The van der Waals surface area contributed by atoms with Crippen molar-refractivity contribution in [3.05, 3.63) is 59.8 Å². The molecule has 0 aliphatic carbocycles. The SMILES string of the molecule is CCCNc1ccc(C(N)=O)cc1NS(=O)(=O)c1cc(C(=O)O)cc2cccnc12. The van der Waals surface area contributed by atoms with Gasteiger partial charge in [-0.05, 0) is 42.8 Å². The summed E-state index contributed by atoms with van der Waals surface area (Å²) in [5.74, 6) is -1.98. The number of primary amides is 1. The second-order valence-corrected chi connectivity index (χ2v) is 8.16. The molecule has 1 heterocycles. The maximum atomic E-state index is 13.2. The van der Waals surface area contributed by atoms with E-state index in [1.54, 1.807) is 18.2 Å². The molecule has 9 nitrogen and oxygen atoms in total. The van der Waals surface area contributed by atoms with Gasteiger partial charge in [-0.25, -0.2) is 13.2 Å². The van der Waals surface area contributed by atoms with Crippen molar-refractivity contribution in [2.24, 2.45) is 5.73 Å². The normalized spacial score (nSPS) is 11.2. The molecule has 0 atom stereocenters. The third-order valence-electron chi connectivity index (χ3n) is 4.32. The number of pyridine rings is 1. The van der Waals surface area contributed by atoms with E-state index < -0.39 is 21.9 Å². The molecule has 0 aliphatic rings. The van der Waals surface area contributed by atoms with Crippen molar-refractivity contribution in [3.8, 4) is 0 Å². The maximum Gasteiger partial charge on any atom is 0.335 e. The molecule has 3 rings (SSSR count). The zero-order valence-corrected chi connectivity index (χ0v) is 16.9. The molecule has 0 spiro atoms. The summed E-state index contributed by atoms with van der Waals surface area (Å²) in [6.07, 6.45) is 2.21. The van der Waals surface area contributed by atoms with Crippen LogP contribution in [0.2, 0.25) is 0 Å². The van der Waals surface area contributed by atoms with Gasteiger partial charge in [-0.1, -0.05) is 13.0 Å². The van der Waals surface area contributed by atoms with Crippen molar-refractivity contribution in [1.82, 2.24) is 4.98 Å². The number of fused-ring (bicyclic) bond motifs is 1. The number of carbonyl (C=O) groups excluding carboxylic acids is 1. The van der Waals surface area contributed by atoms with Crippen molar-refractivity contribution >= 4 is 44.2 Å². The minimum atomic E-state index is -4.25. The third-order valence-corrected chi connectivity index (χ3v) is 5.70. The highest BCUT2D eigenvalue weighted by Crippen LogP contribution is 2.29. The molecule has 2 aromatic carbocycles. The Balaban J connectivity index is 2.14. The van der Waals surface area contributed by atoms with Gasteiger partial charge in [0.05, 0.1) is 22.5 Å². The van der Waals surface area contributed by atoms with Crippen molar-refractivity contribution in [3.63, 3.8) is 0 Å². The van der Waals surface area contributed by atoms with Gasteiger partial charge in [-0.15, -0.1) is 0 Å². The highest BCUT2D eigenvalue weighted by molar-refractivity contribution is 7.93. The second-order valence-electron chi connectivity index (χ2n) is 6.51. The number of anilines is 2. The van der Waals surface area contributed by atoms with Gasteiger partial charge in [0.25, 0.3) is 10.0 Å². The van der Waals surface area contributed by atoms with Crippen LogP contribution in [-0.2, 0) is 10.0 Å². The first-order valence-corrected chi connectivity index (χ1v) is 10.5. The summed E-state index contributed by atoms with van der Waals surface area (Å²) in [5, 5.41) is 12.8. The van der Waals surface area contributed by atoms with Gasteiger partial charge in [0, 0.05) is 23.7 Å². The van der Waals surface area contributed by atoms with E-state index in [9.17, 15) is 23.1 Å². The smallest absolute Gasteiger partial charge is 0.335 e. The predicted molar refractivity (Wildman–Crippen MR) is 113 cm³/mol. The van der Waals surface area contributed by atoms with Gasteiger partial charge in [0.2, 0.25) is 5.91 Å². The Morgan fingerprint density at radius 3 is 2.53 bits per heavy atom. The number of rotatable bonds is 8. The number of aromatic carboxylic acids is 1. The van der Waals surface area contributed by atoms with Crippen molar-refractivity contribution in [1.29, 1.82) is 0 Å². The van der Waals surface area contributed by atoms with E-state index >= 15 is 0 Å². The zero-order chi connectivity index (χ0) is 21.9. The Kier molecular flexibility index (Phi) is 5.88. The van der Waals surface area contributed by atoms with E-state index in [0.717, 1.165) is 12.5 Å². The molecule has 1 amide bonds. The molecule has 0 radical (unpaired) electrons. The number of carbonyl (C=O) groups is 2. The van der Waals surface area contributed by atoms with Crippen LogP contribution in [0.4, 0.5) is 11.4 Å². The zero-order valence-electron chi connectivity index (χ0n) is 16.0. The standard InChI is InChI=1S/C20H20N4O5S/c1-2-7-22-15-6-5-13(19(21)25)10-16(15)24-30(28,29)17-11-14(20(26)27)9-12-4-3-8-23-18(12)17/h3-6,8-11,22,24H,2,7H2,1H3,(H2,21,25)(H,26,27). The summed E-state index contributed by atoms with van der Waals surface area (Å²) < 4.78 is 28.9. The van der Waals surface area contributed by atoms with Crippen LogP contribution in [-0.4, -0.2) is 36.9 Å². The predicted octanol–water partition coefficient (Wildman–Crippen LogP) is 2.65. The Morgan fingerprint density at radius 1 is 1.10 bits per heavy atom. The van der Waals surface area contributed by atoms with Crippen LogP contribution in [0, 0.1) is 0 Å². The highest BCUT2D eigenvalue weighted by Gasteiger charge is 2.23. The first-order chi connectivity index (χ1) is 14.2. The van der Waals surface area contributed by atoms with Crippen LogP contribution in [0.1, 0.15) is 34.1 Å². The maximum absolute atomic E-state index is 13.2. The lowest BCUT2D eigenvalue weighted by Crippen LogP contribution is -2.18. The molecule has 0 aliphatic heterocycles. The van der Waals surface area contributed by atoms with Crippen molar-refractivity contribution in [2.45, 2.75) is 18.2 Å². The van der Waals surface area contributed by atoms with E-state index in [1.807, 2.05) is 6.92 Å². The van der Waals surface area contributed by atoms with E-state index in [2.05, 4.69) is 15.0 Å². The van der Waals surface area contributed by atoms with E-state index in [1.165, 1.54) is 24.4 Å². The lowest BCUT2D eigenvalue weighted by molar-refractivity contribution is 0.0696. The largest absolute Gasteiger partial charge is 0.478 e. The molecule has 0 fully saturated rings. The van der Waals surface area contributed by atoms with E-state index in [-0.39, 0.29) is 27.2 Å². The van der Waals surface area contributed by atoms with Gasteiger partial charge >= 0.3 is 5.97 Å². The molecular formula is C20H20N4O5S. The number of hydrogen-bond acceptors (Lipinski definition) is 6. The topological polar surface area (TPSA) is 151 Å². The van der Waals surface area contributed by atoms with Crippen LogP contribution < -0.4 is 15.8 Å². The molecule has 0 bridgehead atoms. The fourth-order valence-corrected chi connectivity index (χ4v) is 4.16. The number of nitrogens with two attached hydrogens (primary N) is 1. The number of nitrogens with zero attached hydrogens (tertiary/aromatic N) is 1. The van der Waals surface area contributed by atoms with Gasteiger partial charge in [-0.2, -0.15) is 0 Å². The average Bonchev–Trinajstić information content (AvgIpc) is 2.71. The molecule has 0 unspecified atom stereocenters. The summed E-state index contributed by atoms with van der Waals surface area (Å²) in [7, 11) is -4.25. The molecular weight excluding hydrogens is 408 g/mol. The first-order valence-electron chi connectivity index (χ1n) is 9.05. The number of nitrogens with one attached hydrogen (secondary N) is 2. The summed E-state index contributed by atoms with van der Waals surface area (Å²) in [6, 6.07) is 9.94. The minimum absolute atomic E-state index is 0.115. The highest BCUT2D eigenvalue weighted by atomic mass is 32.2. The molecule has 156 valence electrons. The number of carboxylic acid groups (broad SMARTS) is 1. The molecule has 0 saturated heterocycles. The monoisotopic (exact) mass is 428 g/mol. The molecule has 1 aromatic heterocycles. The van der Waals surface area contributed by atoms with E-state index in [0.29, 0.717) is 17.6 Å². The Bertz CT molecular complexity index is 1240. The first kappa shape index (κ1) is 21.1. The Morgan fingerprint density at radius 2 is 1.87 bits per heavy atom. The van der Waals surface area contributed by atoms with Crippen molar-refractivity contribution < 1.29 is 23.1 Å². The third kappa shape index (κ3) is 4.33. The van der Waals surface area contributed by atoms with Gasteiger partial charge in [-0.3, -0.25) is 14.5 Å². The lowest BCUT2D eigenvalue weighted by atomic mass is 10.1. The molecule has 0 saturated carbocycles. The Labute approximate surface area is 173 Å². The fraction of sp³-hybridized carbons (Fsp3) is 0.150. The number of benzene rings is 2. The number of aromatic nitrogens is 1. The van der Waals surface area contributed by atoms with Crippen LogP contribution in [0.3, 0.4) is 0 Å². The number of carboxylic acids is 1. The molecule has 5 N–H and O–H groups in total. The number of sulfonamides is 1. The fourth-order valence-electron chi connectivity index (χ4n) is 2.88. The molecule has 30 heavy (non-hydrogen) atoms. The number of amides is 1. The van der Waals surface area contributed by atoms with Gasteiger partial charge < -0.3 is 16.2 Å². The molecule has 3 aromatic rings. The van der Waals surface area contributed by atoms with Crippen molar-refractivity contribution in [2.75, 3.05) is 16.6 Å². The quantitative estimate of drug-likeness (QED) is 0.430. The van der Waals surface area contributed by atoms with Crippen LogP contribution in [0.15, 0.2) is 53.6 Å². The number of hydrogen-bond donors (Lipinski definition) is 4. The Hall–Kier alpha value is -3.66. The lowest BCUT2D eigenvalue weighted by Gasteiger charge is -2.16. The van der Waals surface area contributed by atoms with Crippen LogP contribution >= 0.6 is 0 Å². The van der Waals surface area contributed by atoms with Crippen LogP contribution in [0.5, 0.6) is 0 Å². The minimum Gasteiger partial charge on any atom is -0.478 e. The summed E-state index contributed by atoms with van der Waals surface area (Å²) in [6.45, 7) is 2.52. The van der Waals surface area contributed by atoms with Crippen LogP contribution in [0.25, 0.3) is 10.9 Å².